The van der Waals surface area contributed by atoms with Gasteiger partial charge in [0, 0.05) is 30.3 Å². The summed E-state index contributed by atoms with van der Waals surface area (Å²) in [5.74, 6) is 0. The molecule has 0 aromatic heterocycles. The molecule has 0 heterocycles. The second kappa shape index (κ2) is 6.85. The van der Waals surface area contributed by atoms with Gasteiger partial charge in [-0.1, -0.05) is 29.1 Å². The Balaban J connectivity index is 3.93. The summed E-state index contributed by atoms with van der Waals surface area (Å²) in [7, 11) is 6.16. The Morgan fingerprint density at radius 1 is 1.14 bits per heavy atom. The minimum absolute atomic E-state index is 0.861. The molecule has 0 aliphatic heterocycles. The van der Waals surface area contributed by atoms with E-state index in [-0.39, 0.29) is 0 Å². The summed E-state index contributed by atoms with van der Waals surface area (Å²) in [6.45, 7) is 9.69. The predicted octanol–water partition coefficient (Wildman–Crippen LogP) is 2.46. The normalized spacial score (nSPS) is 10.9. The van der Waals surface area contributed by atoms with Gasteiger partial charge in [-0.05, 0) is 26.2 Å². The molecular formula is C11H19BrN2. The maximum atomic E-state index is 3.96. The molecule has 14 heavy (non-hydrogen) atoms. The highest BCUT2D eigenvalue weighted by molar-refractivity contribution is 9.11. The van der Waals surface area contributed by atoms with Gasteiger partial charge in [0.1, 0.15) is 0 Å². The van der Waals surface area contributed by atoms with Crippen LogP contribution in [0.25, 0.3) is 0 Å². The monoisotopic (exact) mass is 258 g/mol. The van der Waals surface area contributed by atoms with Gasteiger partial charge >= 0.3 is 0 Å². The lowest BCUT2D eigenvalue weighted by Gasteiger charge is -2.21. The van der Waals surface area contributed by atoms with Crippen molar-refractivity contribution in [3.05, 3.63) is 35.5 Å². The van der Waals surface area contributed by atoms with Gasteiger partial charge in [-0.3, -0.25) is 0 Å². The molecule has 0 saturated heterocycles. The van der Waals surface area contributed by atoms with Crippen LogP contribution in [0.1, 0.15) is 0 Å². The van der Waals surface area contributed by atoms with E-state index in [0.717, 1.165) is 23.3 Å². The minimum Gasteiger partial charge on any atom is -0.374 e. The maximum absolute atomic E-state index is 3.96. The summed E-state index contributed by atoms with van der Waals surface area (Å²) in [4.78, 5) is 4.27. The van der Waals surface area contributed by atoms with Gasteiger partial charge in [-0.25, -0.2) is 0 Å². The molecule has 0 fully saturated rings. The minimum atomic E-state index is 0.861. The fourth-order valence-electron chi connectivity index (χ4n) is 0.807. The van der Waals surface area contributed by atoms with Crippen LogP contribution in [0, 0.1) is 0 Å². The first-order valence-corrected chi connectivity index (χ1v) is 5.30. The highest BCUT2D eigenvalue weighted by Gasteiger charge is 1.98. The van der Waals surface area contributed by atoms with Crippen molar-refractivity contribution in [2.24, 2.45) is 0 Å². The molecule has 0 unspecified atom stereocenters. The highest BCUT2D eigenvalue weighted by atomic mass is 79.9. The Kier molecular flexibility index (Phi) is 6.58. The van der Waals surface area contributed by atoms with Crippen molar-refractivity contribution in [3.8, 4) is 0 Å². The largest absolute Gasteiger partial charge is 0.374 e. The highest BCUT2D eigenvalue weighted by Crippen LogP contribution is 2.06. The van der Waals surface area contributed by atoms with E-state index < -0.39 is 0 Å². The smallest absolute Gasteiger partial charge is 0.0302 e. The Labute approximate surface area is 95.7 Å². The lowest BCUT2D eigenvalue weighted by Crippen LogP contribution is -2.27. The van der Waals surface area contributed by atoms with Crippen molar-refractivity contribution >= 4 is 15.9 Å². The number of hydrogen-bond acceptors (Lipinski definition) is 2. The topological polar surface area (TPSA) is 6.48 Å². The third-order valence-electron chi connectivity index (χ3n) is 1.83. The van der Waals surface area contributed by atoms with Crippen LogP contribution >= 0.6 is 15.9 Å². The van der Waals surface area contributed by atoms with Gasteiger partial charge in [0.25, 0.3) is 0 Å². The van der Waals surface area contributed by atoms with Crippen LogP contribution in [0.4, 0.5) is 0 Å². The van der Waals surface area contributed by atoms with Crippen molar-refractivity contribution in [1.82, 2.24) is 9.80 Å². The first kappa shape index (κ1) is 13.5. The summed E-state index contributed by atoms with van der Waals surface area (Å²) >= 11 is 3.27. The summed E-state index contributed by atoms with van der Waals surface area (Å²) in [6, 6.07) is 0. The van der Waals surface area contributed by atoms with Gasteiger partial charge < -0.3 is 9.80 Å². The molecule has 0 aromatic rings. The number of likely N-dealkylation sites (N-methyl/N-ethyl adjacent to an activating group) is 2. The second-order valence-electron chi connectivity index (χ2n) is 3.50. The van der Waals surface area contributed by atoms with E-state index in [2.05, 4.69) is 53.0 Å². The summed E-state index contributed by atoms with van der Waals surface area (Å²) in [5, 5.41) is 0. The standard InChI is InChI=1S/C11H19BrN2/c1-10(12)6-7-11(2)14(5)9-8-13(3)4/h6-7H,1-2,8-9H2,3-5H3/b7-6-. The fourth-order valence-corrected chi connectivity index (χ4v) is 0.940. The van der Waals surface area contributed by atoms with E-state index in [1.807, 2.05) is 19.2 Å². The molecule has 3 heteroatoms. The first-order valence-electron chi connectivity index (χ1n) is 4.50. The zero-order valence-corrected chi connectivity index (χ0v) is 10.8. The molecule has 0 N–H and O–H groups in total. The molecule has 0 atom stereocenters. The molecule has 0 aromatic carbocycles. The number of hydrogen-bond donors (Lipinski definition) is 0. The molecule has 0 aliphatic carbocycles. The molecule has 2 nitrogen and oxygen atoms in total. The van der Waals surface area contributed by atoms with E-state index in [1.54, 1.807) is 0 Å². The fraction of sp³-hybridized carbons (Fsp3) is 0.455. The quantitative estimate of drug-likeness (QED) is 0.676. The molecule has 0 aliphatic rings. The lowest BCUT2D eigenvalue weighted by atomic mass is 10.3. The Bertz CT molecular complexity index is 231. The van der Waals surface area contributed by atoms with E-state index in [9.17, 15) is 0 Å². The second-order valence-corrected chi connectivity index (χ2v) is 4.51. The molecule has 0 spiro atoms. The van der Waals surface area contributed by atoms with Crippen LogP contribution in [0.2, 0.25) is 0 Å². The molecule has 0 saturated carbocycles. The summed E-state index contributed by atoms with van der Waals surface area (Å²) < 4.78 is 0.861. The van der Waals surface area contributed by atoms with E-state index in [4.69, 9.17) is 0 Å². The average molecular weight is 259 g/mol. The van der Waals surface area contributed by atoms with Crippen LogP contribution in [-0.2, 0) is 0 Å². The Hall–Kier alpha value is -0.540. The third-order valence-corrected chi connectivity index (χ3v) is 2.09. The average Bonchev–Trinajstić information content (AvgIpc) is 2.09. The van der Waals surface area contributed by atoms with Gasteiger partial charge in [0.15, 0.2) is 0 Å². The van der Waals surface area contributed by atoms with Gasteiger partial charge in [0.05, 0.1) is 0 Å². The molecule has 80 valence electrons. The number of halogens is 1. The van der Waals surface area contributed by atoms with Crippen molar-refractivity contribution in [1.29, 1.82) is 0 Å². The lowest BCUT2D eigenvalue weighted by molar-refractivity contribution is 0.331. The summed E-state index contributed by atoms with van der Waals surface area (Å²) in [5.41, 5.74) is 0.993. The molecule has 0 radical (unpaired) electrons. The van der Waals surface area contributed by atoms with Crippen LogP contribution in [0.3, 0.4) is 0 Å². The van der Waals surface area contributed by atoms with Crippen LogP contribution in [0.5, 0.6) is 0 Å². The van der Waals surface area contributed by atoms with Crippen molar-refractivity contribution in [3.63, 3.8) is 0 Å². The Morgan fingerprint density at radius 2 is 1.71 bits per heavy atom. The number of allylic oxidation sites excluding steroid dienone is 3. The number of rotatable bonds is 6. The molecule has 0 bridgehead atoms. The van der Waals surface area contributed by atoms with Crippen LogP contribution < -0.4 is 0 Å². The van der Waals surface area contributed by atoms with Crippen LogP contribution in [-0.4, -0.2) is 44.0 Å². The zero-order chi connectivity index (χ0) is 11.1. The van der Waals surface area contributed by atoms with E-state index in [1.165, 1.54) is 0 Å². The molecule has 0 amide bonds. The van der Waals surface area contributed by atoms with Crippen molar-refractivity contribution in [2.45, 2.75) is 0 Å². The van der Waals surface area contributed by atoms with Gasteiger partial charge in [0.2, 0.25) is 0 Å². The first-order chi connectivity index (χ1) is 6.43. The van der Waals surface area contributed by atoms with E-state index >= 15 is 0 Å². The predicted molar refractivity (Wildman–Crippen MR) is 67.5 cm³/mol. The van der Waals surface area contributed by atoms with Crippen molar-refractivity contribution in [2.75, 3.05) is 34.2 Å². The Morgan fingerprint density at radius 3 is 2.14 bits per heavy atom. The number of nitrogens with zero attached hydrogens (tertiary/aromatic N) is 2. The SMILES string of the molecule is C=C(Br)/C=C\C(=C)N(C)CCN(C)C. The summed E-state index contributed by atoms with van der Waals surface area (Å²) in [6.07, 6.45) is 3.85. The van der Waals surface area contributed by atoms with Gasteiger partial charge in [-0.15, -0.1) is 0 Å². The van der Waals surface area contributed by atoms with Gasteiger partial charge in [-0.2, -0.15) is 0 Å². The molecule has 0 rings (SSSR count). The maximum Gasteiger partial charge on any atom is 0.0302 e. The third kappa shape index (κ3) is 6.92. The van der Waals surface area contributed by atoms with Crippen LogP contribution in [0.15, 0.2) is 35.5 Å². The van der Waals surface area contributed by atoms with Crippen molar-refractivity contribution < 1.29 is 0 Å². The van der Waals surface area contributed by atoms with E-state index in [0.29, 0.717) is 0 Å². The zero-order valence-electron chi connectivity index (χ0n) is 9.26. The molecular weight excluding hydrogens is 240 g/mol.